The lowest BCUT2D eigenvalue weighted by atomic mass is 10.00. The predicted octanol–water partition coefficient (Wildman–Crippen LogP) is 4.53. The van der Waals surface area contributed by atoms with E-state index in [9.17, 15) is 0 Å². The van der Waals surface area contributed by atoms with Crippen LogP contribution in [0, 0.1) is 6.92 Å². The fourth-order valence-electron chi connectivity index (χ4n) is 3.23. The summed E-state index contributed by atoms with van der Waals surface area (Å²) in [6.07, 6.45) is 6.31. The van der Waals surface area contributed by atoms with E-state index in [-0.39, 0.29) is 0 Å². The van der Waals surface area contributed by atoms with Gasteiger partial charge in [-0.05, 0) is 50.3 Å². The second-order valence-corrected chi connectivity index (χ2v) is 6.71. The van der Waals surface area contributed by atoms with E-state index in [1.54, 1.807) is 6.33 Å². The van der Waals surface area contributed by atoms with Gasteiger partial charge in [0.1, 0.15) is 12.0 Å². The molecule has 2 aromatic rings. The van der Waals surface area contributed by atoms with Crippen molar-refractivity contribution in [2.75, 3.05) is 22.5 Å². The minimum atomic E-state index is 0.498. The van der Waals surface area contributed by atoms with Crippen molar-refractivity contribution in [3.8, 4) is 0 Å². The maximum atomic E-state index is 6.38. The van der Waals surface area contributed by atoms with Gasteiger partial charge >= 0.3 is 0 Å². The first kappa shape index (κ1) is 16.8. The number of hydrogen-bond acceptors (Lipinski definition) is 5. The van der Waals surface area contributed by atoms with Gasteiger partial charge in [0.05, 0.1) is 0 Å². The highest BCUT2D eigenvalue weighted by Gasteiger charge is 2.24. The Hall–Kier alpha value is -2.01. The van der Waals surface area contributed by atoms with E-state index in [0.29, 0.717) is 17.5 Å². The lowest BCUT2D eigenvalue weighted by Gasteiger charge is -2.36. The molecule has 1 saturated heterocycles. The molecule has 1 atom stereocenters. The summed E-state index contributed by atoms with van der Waals surface area (Å²) in [5, 5.41) is 3.98. The van der Waals surface area contributed by atoms with Crippen molar-refractivity contribution in [1.82, 2.24) is 9.97 Å². The molecule has 0 aliphatic carbocycles. The van der Waals surface area contributed by atoms with Crippen LogP contribution in [0.25, 0.3) is 0 Å². The Labute approximate surface area is 148 Å². The Morgan fingerprint density at radius 2 is 2.17 bits per heavy atom. The first-order valence-corrected chi connectivity index (χ1v) is 8.88. The number of nitrogens with zero attached hydrogens (tertiary/aromatic N) is 3. The van der Waals surface area contributed by atoms with E-state index in [0.717, 1.165) is 35.1 Å². The van der Waals surface area contributed by atoms with Crippen LogP contribution >= 0.6 is 11.6 Å². The monoisotopic (exact) mass is 345 g/mol. The molecule has 128 valence electrons. The number of benzene rings is 1. The molecule has 5 nitrogen and oxygen atoms in total. The van der Waals surface area contributed by atoms with Gasteiger partial charge in [0.25, 0.3) is 0 Å². The highest BCUT2D eigenvalue weighted by atomic mass is 35.5. The number of anilines is 4. The van der Waals surface area contributed by atoms with E-state index in [4.69, 9.17) is 17.3 Å². The first-order chi connectivity index (χ1) is 11.6. The standard InChI is InChI=1S/C18H24ClN5/c1-3-14-6-4-5-9-24(14)18-16(20)17(21-11-22-18)23-13-8-7-12(2)15(19)10-13/h7-8,10-11,14H,3-6,9,20H2,1-2H3,(H,21,22,23). The minimum Gasteiger partial charge on any atom is -0.393 e. The fourth-order valence-corrected chi connectivity index (χ4v) is 3.41. The molecule has 1 aliphatic heterocycles. The zero-order valence-electron chi connectivity index (χ0n) is 14.2. The molecule has 1 aromatic carbocycles. The number of nitrogens with two attached hydrogens (primary N) is 1. The van der Waals surface area contributed by atoms with Gasteiger partial charge in [0.2, 0.25) is 0 Å². The lowest BCUT2D eigenvalue weighted by molar-refractivity contribution is 0.447. The fraction of sp³-hybridized carbons (Fsp3) is 0.444. The Bertz CT molecular complexity index is 719. The quantitative estimate of drug-likeness (QED) is 0.851. The van der Waals surface area contributed by atoms with Crippen LogP contribution in [0.1, 0.15) is 38.2 Å². The Kier molecular flexibility index (Phi) is 5.09. The summed E-state index contributed by atoms with van der Waals surface area (Å²) in [5.41, 5.74) is 8.88. The third kappa shape index (κ3) is 3.41. The zero-order valence-corrected chi connectivity index (χ0v) is 15.0. The number of nitrogen functional groups attached to an aromatic ring is 1. The molecule has 0 amide bonds. The SMILES string of the molecule is CCC1CCCCN1c1ncnc(Nc2ccc(C)c(Cl)c2)c1N. The molecule has 0 bridgehead atoms. The molecule has 1 fully saturated rings. The zero-order chi connectivity index (χ0) is 17.1. The number of piperidine rings is 1. The molecule has 0 radical (unpaired) electrons. The van der Waals surface area contributed by atoms with Gasteiger partial charge in [-0.1, -0.05) is 24.6 Å². The van der Waals surface area contributed by atoms with Gasteiger partial charge in [-0.3, -0.25) is 0 Å². The molecular weight excluding hydrogens is 322 g/mol. The summed E-state index contributed by atoms with van der Waals surface area (Å²) in [7, 11) is 0. The van der Waals surface area contributed by atoms with E-state index in [1.165, 1.54) is 19.3 Å². The van der Waals surface area contributed by atoms with Crippen LogP contribution in [-0.4, -0.2) is 22.6 Å². The molecule has 24 heavy (non-hydrogen) atoms. The largest absolute Gasteiger partial charge is 0.393 e. The van der Waals surface area contributed by atoms with Crippen molar-refractivity contribution in [1.29, 1.82) is 0 Å². The second kappa shape index (κ2) is 7.26. The first-order valence-electron chi connectivity index (χ1n) is 8.50. The van der Waals surface area contributed by atoms with Crippen LogP contribution in [0.2, 0.25) is 5.02 Å². The third-order valence-corrected chi connectivity index (χ3v) is 5.08. The average Bonchev–Trinajstić information content (AvgIpc) is 2.60. The number of aryl methyl sites for hydroxylation is 1. The number of rotatable bonds is 4. The molecule has 1 aromatic heterocycles. The normalized spacial score (nSPS) is 17.8. The average molecular weight is 346 g/mol. The molecule has 1 aliphatic rings. The van der Waals surface area contributed by atoms with Gasteiger partial charge in [-0.2, -0.15) is 0 Å². The molecule has 6 heteroatoms. The van der Waals surface area contributed by atoms with Crippen molar-refractivity contribution in [2.24, 2.45) is 0 Å². The Morgan fingerprint density at radius 3 is 2.92 bits per heavy atom. The molecule has 3 rings (SSSR count). The summed E-state index contributed by atoms with van der Waals surface area (Å²) in [4.78, 5) is 11.1. The predicted molar refractivity (Wildman–Crippen MR) is 101 cm³/mol. The van der Waals surface area contributed by atoms with Gasteiger partial charge in [0, 0.05) is 23.3 Å². The topological polar surface area (TPSA) is 67.1 Å². The summed E-state index contributed by atoms with van der Waals surface area (Å²) in [6.45, 7) is 5.19. The molecule has 3 N–H and O–H groups in total. The van der Waals surface area contributed by atoms with Crippen LogP contribution in [0.15, 0.2) is 24.5 Å². The Morgan fingerprint density at radius 1 is 1.33 bits per heavy atom. The van der Waals surface area contributed by atoms with Crippen LogP contribution in [0.5, 0.6) is 0 Å². The van der Waals surface area contributed by atoms with Crippen molar-refractivity contribution in [3.63, 3.8) is 0 Å². The highest BCUT2D eigenvalue weighted by Crippen LogP contribution is 2.33. The van der Waals surface area contributed by atoms with Crippen molar-refractivity contribution in [3.05, 3.63) is 35.1 Å². The van der Waals surface area contributed by atoms with E-state index >= 15 is 0 Å². The van der Waals surface area contributed by atoms with Gasteiger partial charge in [-0.25, -0.2) is 9.97 Å². The van der Waals surface area contributed by atoms with Crippen molar-refractivity contribution in [2.45, 2.75) is 45.6 Å². The number of aromatic nitrogens is 2. The molecular formula is C18H24ClN5. The van der Waals surface area contributed by atoms with Crippen LogP contribution in [0.4, 0.5) is 23.0 Å². The molecule has 0 spiro atoms. The summed E-state index contributed by atoms with van der Waals surface area (Å²) >= 11 is 6.20. The summed E-state index contributed by atoms with van der Waals surface area (Å²) in [6, 6.07) is 6.32. The smallest absolute Gasteiger partial charge is 0.159 e. The van der Waals surface area contributed by atoms with E-state index in [2.05, 4.69) is 27.1 Å². The third-order valence-electron chi connectivity index (χ3n) is 4.67. The maximum Gasteiger partial charge on any atom is 0.159 e. The van der Waals surface area contributed by atoms with Crippen LogP contribution in [0.3, 0.4) is 0 Å². The minimum absolute atomic E-state index is 0.498. The molecule has 1 unspecified atom stereocenters. The number of hydrogen-bond donors (Lipinski definition) is 2. The Balaban J connectivity index is 1.88. The van der Waals surface area contributed by atoms with Gasteiger partial charge in [0.15, 0.2) is 11.6 Å². The number of nitrogens with one attached hydrogen (secondary N) is 1. The highest BCUT2D eigenvalue weighted by molar-refractivity contribution is 6.31. The van der Waals surface area contributed by atoms with Gasteiger partial charge < -0.3 is 16.0 Å². The van der Waals surface area contributed by atoms with Crippen molar-refractivity contribution < 1.29 is 0 Å². The number of halogens is 1. The molecule has 2 heterocycles. The van der Waals surface area contributed by atoms with Crippen LogP contribution < -0.4 is 16.0 Å². The van der Waals surface area contributed by atoms with Crippen molar-refractivity contribution >= 4 is 34.6 Å². The summed E-state index contributed by atoms with van der Waals surface area (Å²) in [5.74, 6) is 1.46. The van der Waals surface area contributed by atoms with E-state index < -0.39 is 0 Å². The molecule has 0 saturated carbocycles. The van der Waals surface area contributed by atoms with Gasteiger partial charge in [-0.15, -0.1) is 0 Å². The lowest BCUT2D eigenvalue weighted by Crippen LogP contribution is -2.40. The maximum absolute atomic E-state index is 6.38. The second-order valence-electron chi connectivity index (χ2n) is 6.30. The summed E-state index contributed by atoms with van der Waals surface area (Å²) < 4.78 is 0. The van der Waals surface area contributed by atoms with E-state index in [1.807, 2.05) is 25.1 Å². The van der Waals surface area contributed by atoms with Crippen LogP contribution in [-0.2, 0) is 0 Å².